The van der Waals surface area contributed by atoms with Crippen LogP contribution in [0.4, 0.5) is 0 Å². The largest absolute Gasteiger partial charge is 0.332 e. The van der Waals surface area contributed by atoms with E-state index in [0.717, 1.165) is 47.5 Å². The molecule has 0 aliphatic carbocycles. The summed E-state index contributed by atoms with van der Waals surface area (Å²) >= 11 is 6.07. The number of nitrogens with zero attached hydrogens (tertiary/aromatic N) is 3. The van der Waals surface area contributed by atoms with Crippen molar-refractivity contribution in [2.45, 2.75) is 37.8 Å². The van der Waals surface area contributed by atoms with E-state index in [1.54, 1.807) is 0 Å². The molecule has 4 nitrogen and oxygen atoms in total. The molecule has 0 saturated carbocycles. The zero-order valence-electron chi connectivity index (χ0n) is 15.4. The maximum atomic E-state index is 13.1. The highest BCUT2D eigenvalue weighted by Gasteiger charge is 2.43. The van der Waals surface area contributed by atoms with Gasteiger partial charge in [0, 0.05) is 34.8 Å². The van der Waals surface area contributed by atoms with E-state index in [1.807, 2.05) is 60.8 Å². The summed E-state index contributed by atoms with van der Waals surface area (Å²) in [6.45, 7) is 0. The van der Waals surface area contributed by atoms with Crippen LogP contribution in [0.25, 0.3) is 11.4 Å². The van der Waals surface area contributed by atoms with Gasteiger partial charge in [0.05, 0.1) is 18.2 Å². The molecule has 5 rings (SSSR count). The fourth-order valence-electron chi connectivity index (χ4n) is 4.50. The summed E-state index contributed by atoms with van der Waals surface area (Å²) < 4.78 is 0. The van der Waals surface area contributed by atoms with Crippen LogP contribution in [0.5, 0.6) is 0 Å². The number of carbonyl (C=O) groups excluding carboxylic acids is 1. The van der Waals surface area contributed by atoms with E-state index in [2.05, 4.69) is 9.88 Å². The molecular weight excluding hydrogens is 370 g/mol. The third-order valence-corrected chi connectivity index (χ3v) is 5.99. The summed E-state index contributed by atoms with van der Waals surface area (Å²) in [5, 5.41) is 0.666. The molecule has 0 unspecified atom stereocenters. The fraction of sp³-hybridized carbons (Fsp3) is 0.261. The van der Waals surface area contributed by atoms with Gasteiger partial charge >= 0.3 is 0 Å². The number of benzene rings is 2. The van der Waals surface area contributed by atoms with Crippen molar-refractivity contribution in [1.82, 2.24) is 14.9 Å². The second-order valence-corrected chi connectivity index (χ2v) is 7.96. The molecular formula is C23H20ClN3O. The zero-order chi connectivity index (χ0) is 19.1. The smallest absolute Gasteiger partial charge is 0.227 e. The number of hydrogen-bond donors (Lipinski definition) is 0. The van der Waals surface area contributed by atoms with Crippen molar-refractivity contribution >= 4 is 17.5 Å². The van der Waals surface area contributed by atoms with Crippen LogP contribution in [0.15, 0.2) is 60.8 Å². The van der Waals surface area contributed by atoms with E-state index in [9.17, 15) is 4.79 Å². The number of hydrogen-bond acceptors (Lipinski definition) is 3. The molecule has 2 aromatic carbocycles. The van der Waals surface area contributed by atoms with E-state index in [0.29, 0.717) is 11.4 Å². The van der Waals surface area contributed by atoms with Crippen LogP contribution in [0.1, 0.15) is 35.7 Å². The monoisotopic (exact) mass is 389 g/mol. The lowest BCUT2D eigenvalue weighted by molar-refractivity contribution is -0.134. The number of halogens is 1. The van der Waals surface area contributed by atoms with Crippen LogP contribution in [-0.2, 0) is 17.6 Å². The quantitative estimate of drug-likeness (QED) is 0.656. The average molecular weight is 390 g/mol. The van der Waals surface area contributed by atoms with Gasteiger partial charge in [0.25, 0.3) is 0 Å². The van der Waals surface area contributed by atoms with Gasteiger partial charge in [-0.1, -0.05) is 54.1 Å². The molecule has 2 aliphatic rings. The minimum Gasteiger partial charge on any atom is -0.332 e. The van der Waals surface area contributed by atoms with E-state index >= 15 is 0 Å². The third kappa shape index (κ3) is 3.08. The van der Waals surface area contributed by atoms with Crippen LogP contribution >= 0.6 is 11.6 Å². The van der Waals surface area contributed by atoms with Gasteiger partial charge in [0.15, 0.2) is 5.82 Å². The molecule has 2 aliphatic heterocycles. The van der Waals surface area contributed by atoms with Crippen molar-refractivity contribution < 1.29 is 4.79 Å². The Hall–Kier alpha value is -2.72. The number of carbonyl (C=O) groups is 1. The summed E-state index contributed by atoms with van der Waals surface area (Å²) in [7, 11) is 0. The Kier molecular flexibility index (Phi) is 4.36. The predicted octanol–water partition coefficient (Wildman–Crippen LogP) is 4.63. The first kappa shape index (κ1) is 17.4. The summed E-state index contributed by atoms with van der Waals surface area (Å²) in [5.41, 5.74) is 4.18. The molecule has 1 amide bonds. The van der Waals surface area contributed by atoms with Crippen LogP contribution in [-0.4, -0.2) is 26.8 Å². The molecule has 3 aromatic rings. The van der Waals surface area contributed by atoms with Gasteiger partial charge < -0.3 is 4.90 Å². The molecule has 1 fully saturated rings. The topological polar surface area (TPSA) is 46.1 Å². The van der Waals surface area contributed by atoms with Gasteiger partial charge in [-0.2, -0.15) is 0 Å². The molecule has 0 N–H and O–H groups in total. The van der Waals surface area contributed by atoms with Crippen molar-refractivity contribution in [2.75, 3.05) is 0 Å². The van der Waals surface area contributed by atoms with E-state index < -0.39 is 0 Å². The number of rotatable bonds is 3. The average Bonchev–Trinajstić information content (AvgIpc) is 3.03. The number of amides is 1. The molecule has 1 saturated heterocycles. The lowest BCUT2D eigenvalue weighted by atomic mass is 9.98. The van der Waals surface area contributed by atoms with Gasteiger partial charge in [-0.05, 0) is 30.5 Å². The Balaban J connectivity index is 1.42. The standard InChI is InChI=1S/C23H20ClN3O/c24-17-8-4-5-15(11-17)12-22(28)27-18-9-10-21(27)19-14-25-23(26-20(19)13-18)16-6-2-1-3-7-16/h1-8,11,14,18,21H,9-10,12-13H2/t18-,21+/m0/s1. The maximum absolute atomic E-state index is 13.1. The molecule has 3 heterocycles. The van der Waals surface area contributed by atoms with Gasteiger partial charge in [-0.25, -0.2) is 9.97 Å². The Bertz CT molecular complexity index is 1040. The normalized spacial score (nSPS) is 20.1. The SMILES string of the molecule is O=C(Cc1cccc(Cl)c1)N1[C@H]2CC[C@@H]1c1cnc(-c3ccccc3)nc1C2. The van der Waals surface area contributed by atoms with E-state index in [-0.39, 0.29) is 18.0 Å². The predicted molar refractivity (Wildman–Crippen MR) is 109 cm³/mol. The lowest BCUT2D eigenvalue weighted by Crippen LogP contribution is -2.43. The molecule has 0 radical (unpaired) electrons. The van der Waals surface area contributed by atoms with Crippen LogP contribution in [0.3, 0.4) is 0 Å². The Morgan fingerprint density at radius 3 is 2.79 bits per heavy atom. The van der Waals surface area contributed by atoms with E-state index in [4.69, 9.17) is 16.6 Å². The second-order valence-electron chi connectivity index (χ2n) is 7.52. The fourth-order valence-corrected chi connectivity index (χ4v) is 4.71. The molecule has 140 valence electrons. The second kappa shape index (κ2) is 7.02. The first-order chi connectivity index (χ1) is 13.7. The van der Waals surface area contributed by atoms with Gasteiger partial charge in [0.1, 0.15) is 0 Å². The minimum absolute atomic E-state index is 0.0882. The number of aromatic nitrogens is 2. The van der Waals surface area contributed by atoms with Gasteiger partial charge in [-0.15, -0.1) is 0 Å². The number of fused-ring (bicyclic) bond motifs is 4. The van der Waals surface area contributed by atoms with Gasteiger partial charge in [0.2, 0.25) is 5.91 Å². The zero-order valence-corrected chi connectivity index (χ0v) is 16.1. The summed E-state index contributed by atoms with van der Waals surface area (Å²) in [6, 6.07) is 17.9. The summed E-state index contributed by atoms with van der Waals surface area (Å²) in [5.74, 6) is 0.921. The lowest BCUT2D eigenvalue weighted by Gasteiger charge is -2.36. The summed E-state index contributed by atoms with van der Waals surface area (Å²) in [4.78, 5) is 24.6. The molecule has 5 heteroatoms. The molecule has 0 spiro atoms. The first-order valence-corrected chi connectivity index (χ1v) is 10.0. The van der Waals surface area contributed by atoms with Crippen molar-refractivity contribution in [1.29, 1.82) is 0 Å². The highest BCUT2D eigenvalue weighted by atomic mass is 35.5. The summed E-state index contributed by atoms with van der Waals surface area (Å²) in [6.07, 6.45) is 5.10. The maximum Gasteiger partial charge on any atom is 0.227 e. The Morgan fingerprint density at radius 2 is 1.96 bits per heavy atom. The van der Waals surface area contributed by atoms with Crippen molar-refractivity contribution in [3.63, 3.8) is 0 Å². The highest BCUT2D eigenvalue weighted by molar-refractivity contribution is 6.30. The highest BCUT2D eigenvalue weighted by Crippen LogP contribution is 2.43. The molecule has 2 bridgehead atoms. The van der Waals surface area contributed by atoms with Crippen molar-refractivity contribution in [2.24, 2.45) is 0 Å². The molecule has 28 heavy (non-hydrogen) atoms. The van der Waals surface area contributed by atoms with E-state index in [1.165, 1.54) is 0 Å². The third-order valence-electron chi connectivity index (χ3n) is 5.75. The Morgan fingerprint density at radius 1 is 1.11 bits per heavy atom. The van der Waals surface area contributed by atoms with Crippen LogP contribution < -0.4 is 0 Å². The van der Waals surface area contributed by atoms with Crippen LogP contribution in [0, 0.1) is 0 Å². The molecule has 2 atom stereocenters. The van der Waals surface area contributed by atoms with Gasteiger partial charge in [-0.3, -0.25) is 4.79 Å². The first-order valence-electron chi connectivity index (χ1n) is 9.66. The van der Waals surface area contributed by atoms with Crippen LogP contribution in [0.2, 0.25) is 5.02 Å². The minimum atomic E-state index is 0.0882. The van der Waals surface area contributed by atoms with Crippen molar-refractivity contribution in [3.05, 3.63) is 82.6 Å². The Labute approximate surface area is 169 Å². The molecule has 1 aromatic heterocycles. The van der Waals surface area contributed by atoms with Crippen molar-refractivity contribution in [3.8, 4) is 11.4 Å².